The number of rotatable bonds is 7. The maximum atomic E-state index is 12.1. The first-order valence-electron chi connectivity index (χ1n) is 11.6. The summed E-state index contributed by atoms with van der Waals surface area (Å²) in [7, 11) is 0. The lowest BCUT2D eigenvalue weighted by atomic mass is 10.1. The van der Waals surface area contributed by atoms with E-state index in [0.29, 0.717) is 32.3 Å². The number of ether oxygens (including phenoxy) is 3. The molecule has 2 heterocycles. The molecule has 3 rings (SSSR count). The van der Waals surface area contributed by atoms with Gasteiger partial charge in [-0.25, -0.2) is 9.79 Å². The average molecular weight is 447 g/mol. The summed E-state index contributed by atoms with van der Waals surface area (Å²) in [4.78, 5) is 18.5. The number of aliphatic imine (C=N–C) groups is 1. The Kier molecular flexibility index (Phi) is 8.75. The van der Waals surface area contributed by atoms with Gasteiger partial charge in [0.25, 0.3) is 0 Å². The second kappa shape index (κ2) is 11.5. The van der Waals surface area contributed by atoms with Gasteiger partial charge < -0.3 is 29.7 Å². The molecule has 8 heteroatoms. The molecule has 0 unspecified atom stereocenters. The highest BCUT2D eigenvalue weighted by Crippen LogP contribution is 2.16. The third-order valence-corrected chi connectivity index (χ3v) is 5.32. The van der Waals surface area contributed by atoms with E-state index in [2.05, 4.69) is 34.9 Å². The van der Waals surface area contributed by atoms with Crippen LogP contribution in [0.3, 0.4) is 0 Å². The number of guanidine groups is 1. The van der Waals surface area contributed by atoms with Crippen LogP contribution in [-0.2, 0) is 27.4 Å². The minimum atomic E-state index is -0.474. The molecule has 0 aliphatic carbocycles. The molecule has 32 heavy (non-hydrogen) atoms. The van der Waals surface area contributed by atoms with Crippen LogP contribution in [0.5, 0.6) is 0 Å². The molecule has 0 bridgehead atoms. The van der Waals surface area contributed by atoms with Gasteiger partial charge in [-0.3, -0.25) is 0 Å². The fraction of sp³-hybridized carbons (Fsp3) is 0.667. The van der Waals surface area contributed by atoms with Gasteiger partial charge in [0.05, 0.1) is 25.3 Å². The molecule has 1 aromatic carbocycles. The first kappa shape index (κ1) is 24.3. The Morgan fingerprint density at radius 1 is 1.16 bits per heavy atom. The van der Waals surface area contributed by atoms with Gasteiger partial charge >= 0.3 is 6.09 Å². The summed E-state index contributed by atoms with van der Waals surface area (Å²) < 4.78 is 16.8. The summed E-state index contributed by atoms with van der Waals surface area (Å²) in [6.45, 7) is 12.5. The van der Waals surface area contributed by atoms with Crippen LogP contribution in [0.15, 0.2) is 29.3 Å². The Hall–Kier alpha value is -2.32. The van der Waals surface area contributed by atoms with Crippen LogP contribution in [0.4, 0.5) is 4.79 Å². The number of nitrogens with zero attached hydrogens (tertiary/aromatic N) is 2. The molecule has 1 amide bonds. The number of hydrogen-bond donors (Lipinski definition) is 2. The molecular formula is C24H38N4O4. The van der Waals surface area contributed by atoms with E-state index in [0.717, 1.165) is 44.1 Å². The number of likely N-dealkylation sites (tertiary alicyclic amines) is 1. The van der Waals surface area contributed by atoms with Gasteiger partial charge in [0, 0.05) is 32.8 Å². The highest BCUT2D eigenvalue weighted by molar-refractivity contribution is 5.80. The van der Waals surface area contributed by atoms with Crippen molar-refractivity contribution in [1.29, 1.82) is 0 Å². The van der Waals surface area contributed by atoms with Crippen LogP contribution in [0.25, 0.3) is 0 Å². The summed E-state index contributed by atoms with van der Waals surface area (Å²) in [5.41, 5.74) is 1.84. The Morgan fingerprint density at radius 2 is 1.81 bits per heavy atom. The molecule has 2 N–H and O–H groups in total. The lowest BCUT2D eigenvalue weighted by molar-refractivity contribution is -0.0390. The molecule has 2 aliphatic heterocycles. The topological polar surface area (TPSA) is 84.4 Å². The smallest absolute Gasteiger partial charge is 0.410 e. The third kappa shape index (κ3) is 7.98. The second-order valence-corrected chi connectivity index (χ2v) is 9.36. The van der Waals surface area contributed by atoms with Crippen LogP contribution in [0.1, 0.15) is 51.7 Å². The fourth-order valence-corrected chi connectivity index (χ4v) is 3.53. The van der Waals surface area contributed by atoms with E-state index in [4.69, 9.17) is 19.2 Å². The maximum absolute atomic E-state index is 12.1. The van der Waals surface area contributed by atoms with Gasteiger partial charge in [-0.15, -0.1) is 0 Å². The van der Waals surface area contributed by atoms with Gasteiger partial charge in [0.2, 0.25) is 0 Å². The minimum Gasteiger partial charge on any atom is -0.444 e. The van der Waals surface area contributed by atoms with Gasteiger partial charge in [0.1, 0.15) is 5.60 Å². The Morgan fingerprint density at radius 3 is 2.44 bits per heavy atom. The lowest BCUT2D eigenvalue weighted by Crippen LogP contribution is -2.63. The summed E-state index contributed by atoms with van der Waals surface area (Å²) >= 11 is 0. The van der Waals surface area contributed by atoms with Crippen molar-refractivity contribution in [2.45, 2.75) is 71.4 Å². The summed E-state index contributed by atoms with van der Waals surface area (Å²) in [6.07, 6.45) is 1.99. The summed E-state index contributed by atoms with van der Waals surface area (Å²) in [6, 6.07) is 8.59. The first-order chi connectivity index (χ1) is 15.3. The van der Waals surface area contributed by atoms with Crippen LogP contribution in [-0.4, -0.2) is 67.5 Å². The van der Waals surface area contributed by atoms with Crippen LogP contribution < -0.4 is 10.6 Å². The quantitative estimate of drug-likeness (QED) is 0.495. The predicted octanol–water partition coefficient (Wildman–Crippen LogP) is 3.06. The third-order valence-electron chi connectivity index (χ3n) is 5.32. The van der Waals surface area contributed by atoms with Gasteiger partial charge in [0.15, 0.2) is 5.96 Å². The van der Waals surface area contributed by atoms with Crippen LogP contribution in [0.2, 0.25) is 0 Å². The molecule has 1 aromatic rings. The molecule has 2 fully saturated rings. The number of carbonyl (C=O) groups excluding carboxylic acids is 1. The Balaban J connectivity index is 1.43. The average Bonchev–Trinajstić information content (AvgIpc) is 2.72. The Bertz CT molecular complexity index is 748. The van der Waals surface area contributed by atoms with E-state index >= 15 is 0 Å². The highest BCUT2D eigenvalue weighted by atomic mass is 16.6. The molecule has 0 radical (unpaired) electrons. The fourth-order valence-electron chi connectivity index (χ4n) is 3.53. The summed E-state index contributed by atoms with van der Waals surface area (Å²) in [5.74, 6) is 0.758. The second-order valence-electron chi connectivity index (χ2n) is 9.36. The summed E-state index contributed by atoms with van der Waals surface area (Å²) in [5, 5.41) is 6.68. The monoisotopic (exact) mass is 446 g/mol. The molecule has 2 aliphatic rings. The maximum Gasteiger partial charge on any atom is 0.410 e. The van der Waals surface area contributed by atoms with Crippen molar-refractivity contribution < 1.29 is 19.0 Å². The lowest BCUT2D eigenvalue weighted by Gasteiger charge is -2.40. The van der Waals surface area contributed by atoms with Crippen molar-refractivity contribution in [1.82, 2.24) is 15.5 Å². The largest absolute Gasteiger partial charge is 0.444 e. The SMILES string of the molecule is CCNC(=NCc1ccc(COC2CCOCC2)cc1)NC1CN(C(=O)OC(C)(C)C)C1. The van der Waals surface area contributed by atoms with Crippen molar-refractivity contribution in [3.05, 3.63) is 35.4 Å². The predicted molar refractivity (Wildman–Crippen MR) is 125 cm³/mol. The molecular weight excluding hydrogens is 408 g/mol. The minimum absolute atomic E-state index is 0.171. The first-order valence-corrected chi connectivity index (χ1v) is 11.6. The van der Waals surface area contributed by atoms with E-state index < -0.39 is 5.60 Å². The van der Waals surface area contributed by atoms with Gasteiger partial charge in [-0.2, -0.15) is 0 Å². The molecule has 0 aromatic heterocycles. The zero-order valence-corrected chi connectivity index (χ0v) is 19.9. The number of carbonyl (C=O) groups is 1. The van der Waals surface area contributed by atoms with E-state index in [1.807, 2.05) is 27.7 Å². The van der Waals surface area contributed by atoms with Crippen molar-refractivity contribution in [2.75, 3.05) is 32.8 Å². The molecule has 8 nitrogen and oxygen atoms in total. The number of nitrogens with one attached hydrogen (secondary N) is 2. The van der Waals surface area contributed by atoms with E-state index in [9.17, 15) is 4.79 Å². The normalized spacial score (nSPS) is 18.2. The van der Waals surface area contributed by atoms with E-state index in [1.165, 1.54) is 5.56 Å². The highest BCUT2D eigenvalue weighted by Gasteiger charge is 2.34. The molecule has 0 spiro atoms. The zero-order valence-electron chi connectivity index (χ0n) is 19.9. The number of amides is 1. The van der Waals surface area contributed by atoms with E-state index in [1.54, 1.807) is 4.90 Å². The van der Waals surface area contributed by atoms with Gasteiger partial charge in [-0.1, -0.05) is 24.3 Å². The molecule has 178 valence electrons. The van der Waals surface area contributed by atoms with Crippen molar-refractivity contribution in [3.8, 4) is 0 Å². The van der Waals surface area contributed by atoms with Gasteiger partial charge in [-0.05, 0) is 51.7 Å². The molecule has 0 saturated carbocycles. The van der Waals surface area contributed by atoms with E-state index in [-0.39, 0.29) is 12.1 Å². The standard InChI is InChI=1S/C24H38N4O4/c1-5-25-22(27-20-15-28(16-20)23(29)32-24(2,3)4)26-14-18-6-8-19(9-7-18)17-31-21-10-12-30-13-11-21/h6-9,20-21H,5,10-17H2,1-4H3,(H2,25,26,27). The molecule has 0 atom stereocenters. The van der Waals surface area contributed by atoms with Crippen molar-refractivity contribution in [2.24, 2.45) is 4.99 Å². The zero-order chi connectivity index (χ0) is 23.0. The number of benzene rings is 1. The van der Waals surface area contributed by atoms with Crippen LogP contribution in [0, 0.1) is 0 Å². The van der Waals surface area contributed by atoms with Crippen molar-refractivity contribution in [3.63, 3.8) is 0 Å². The molecule has 2 saturated heterocycles. The van der Waals surface area contributed by atoms with Crippen molar-refractivity contribution >= 4 is 12.1 Å². The number of hydrogen-bond acceptors (Lipinski definition) is 5. The Labute approximate surface area is 191 Å². The van der Waals surface area contributed by atoms with Crippen LogP contribution >= 0.6 is 0 Å².